The molecule has 3 N–H and O–H groups in total. The fraction of sp³-hybridized carbons (Fsp3) is 0.286. The molecule has 0 spiro atoms. The monoisotopic (exact) mass is 274 g/mol. The second kappa shape index (κ2) is 5.64. The van der Waals surface area contributed by atoms with E-state index in [1.54, 1.807) is 43.1 Å². The molecule has 6 nitrogen and oxygen atoms in total. The molecule has 0 aliphatic carbocycles. The molecular formula is C14H18N4O2. The molecule has 0 saturated heterocycles. The van der Waals surface area contributed by atoms with Crippen molar-refractivity contribution in [3.8, 4) is 5.75 Å². The van der Waals surface area contributed by atoms with Crippen molar-refractivity contribution in [2.45, 2.75) is 13.3 Å². The van der Waals surface area contributed by atoms with Crippen molar-refractivity contribution in [1.82, 2.24) is 9.78 Å². The van der Waals surface area contributed by atoms with Crippen molar-refractivity contribution < 1.29 is 9.53 Å². The van der Waals surface area contributed by atoms with Crippen molar-refractivity contribution in [1.29, 1.82) is 0 Å². The van der Waals surface area contributed by atoms with Crippen LogP contribution in [-0.4, -0.2) is 22.8 Å². The Labute approximate surface area is 117 Å². The minimum Gasteiger partial charge on any atom is -0.497 e. The third-order valence-electron chi connectivity index (χ3n) is 3.03. The molecule has 0 radical (unpaired) electrons. The quantitative estimate of drug-likeness (QED) is 0.833. The van der Waals surface area contributed by atoms with Gasteiger partial charge >= 0.3 is 0 Å². The molecule has 0 aliphatic rings. The Balaban J connectivity index is 2.25. The summed E-state index contributed by atoms with van der Waals surface area (Å²) in [5.41, 5.74) is 8.21. The maximum Gasteiger partial charge on any atom is 0.273 e. The number of nitrogen functional groups attached to an aromatic ring is 1. The van der Waals surface area contributed by atoms with Crippen molar-refractivity contribution >= 4 is 17.3 Å². The molecule has 106 valence electrons. The molecule has 0 aliphatic heterocycles. The van der Waals surface area contributed by atoms with E-state index in [1.807, 2.05) is 6.92 Å². The summed E-state index contributed by atoms with van der Waals surface area (Å²) in [5.74, 6) is 0.383. The largest absolute Gasteiger partial charge is 0.497 e. The molecule has 1 amide bonds. The number of nitrogens with zero attached hydrogens (tertiary/aromatic N) is 2. The lowest BCUT2D eigenvalue weighted by Crippen LogP contribution is -2.17. The lowest BCUT2D eigenvalue weighted by atomic mass is 10.2. The zero-order chi connectivity index (χ0) is 14.7. The highest BCUT2D eigenvalue weighted by Crippen LogP contribution is 2.24. The molecule has 2 rings (SSSR count). The van der Waals surface area contributed by atoms with Gasteiger partial charge in [0.2, 0.25) is 0 Å². The highest BCUT2D eigenvalue weighted by Gasteiger charge is 2.14. The van der Waals surface area contributed by atoms with E-state index in [1.165, 1.54) is 0 Å². The van der Waals surface area contributed by atoms with Crippen molar-refractivity contribution in [3.05, 3.63) is 35.7 Å². The first kappa shape index (κ1) is 13.9. The minimum atomic E-state index is -0.250. The predicted octanol–water partition coefficient (Wildman–Crippen LogP) is 1.83. The molecule has 0 saturated carbocycles. The SMILES string of the molecule is CCc1cc(C(=O)Nc2cc(OC)ccc2N)n(C)n1. The number of benzene rings is 1. The highest BCUT2D eigenvalue weighted by atomic mass is 16.5. The molecular weight excluding hydrogens is 256 g/mol. The summed E-state index contributed by atoms with van der Waals surface area (Å²) in [7, 11) is 3.30. The fourth-order valence-electron chi connectivity index (χ4n) is 1.87. The van der Waals surface area contributed by atoms with Crippen LogP contribution in [0, 0.1) is 0 Å². The summed E-state index contributed by atoms with van der Waals surface area (Å²) in [5, 5.41) is 7.02. The Morgan fingerprint density at radius 3 is 2.80 bits per heavy atom. The topological polar surface area (TPSA) is 82.2 Å². The Bertz CT molecular complexity index is 634. The molecule has 0 unspecified atom stereocenters. The Hall–Kier alpha value is -2.50. The zero-order valence-corrected chi connectivity index (χ0v) is 11.8. The Kier molecular flexibility index (Phi) is 3.93. The van der Waals surface area contributed by atoms with Crippen LogP contribution in [0.1, 0.15) is 23.1 Å². The lowest BCUT2D eigenvalue weighted by Gasteiger charge is -2.09. The normalized spacial score (nSPS) is 10.3. The number of aryl methyl sites for hydroxylation is 2. The minimum absolute atomic E-state index is 0.250. The van der Waals surface area contributed by atoms with E-state index >= 15 is 0 Å². The van der Waals surface area contributed by atoms with Gasteiger partial charge in [0, 0.05) is 13.1 Å². The van der Waals surface area contributed by atoms with E-state index < -0.39 is 0 Å². The van der Waals surface area contributed by atoms with Crippen LogP contribution in [0.3, 0.4) is 0 Å². The lowest BCUT2D eigenvalue weighted by molar-refractivity contribution is 0.101. The number of carbonyl (C=O) groups is 1. The van der Waals surface area contributed by atoms with Gasteiger partial charge in [-0.3, -0.25) is 9.48 Å². The van der Waals surface area contributed by atoms with Gasteiger partial charge < -0.3 is 15.8 Å². The standard InChI is InChI=1S/C14H18N4O2/c1-4-9-7-13(18(2)17-9)14(19)16-12-8-10(20-3)5-6-11(12)15/h5-8H,4,15H2,1-3H3,(H,16,19). The van der Waals surface area contributed by atoms with Gasteiger partial charge in [0.1, 0.15) is 11.4 Å². The maximum atomic E-state index is 12.2. The van der Waals surface area contributed by atoms with Crippen LogP contribution in [0.5, 0.6) is 5.75 Å². The molecule has 1 aromatic heterocycles. The molecule has 2 aromatic rings. The van der Waals surface area contributed by atoms with E-state index in [2.05, 4.69) is 10.4 Å². The van der Waals surface area contributed by atoms with E-state index in [4.69, 9.17) is 10.5 Å². The first-order valence-electron chi connectivity index (χ1n) is 6.33. The summed E-state index contributed by atoms with van der Waals surface area (Å²) in [6.07, 6.45) is 0.780. The van der Waals surface area contributed by atoms with Crippen LogP contribution >= 0.6 is 0 Å². The fourth-order valence-corrected chi connectivity index (χ4v) is 1.87. The van der Waals surface area contributed by atoms with Crippen LogP contribution in [0.15, 0.2) is 24.3 Å². The molecule has 0 atom stereocenters. The van der Waals surface area contributed by atoms with Crippen LogP contribution in [0.25, 0.3) is 0 Å². The predicted molar refractivity (Wildman–Crippen MR) is 77.9 cm³/mol. The van der Waals surface area contributed by atoms with E-state index in [-0.39, 0.29) is 5.91 Å². The Morgan fingerprint density at radius 1 is 1.45 bits per heavy atom. The van der Waals surface area contributed by atoms with E-state index in [9.17, 15) is 4.79 Å². The summed E-state index contributed by atoms with van der Waals surface area (Å²) >= 11 is 0. The third kappa shape index (κ3) is 2.74. The molecule has 0 bridgehead atoms. The van der Waals surface area contributed by atoms with Gasteiger partial charge in [-0.05, 0) is 24.6 Å². The van der Waals surface area contributed by atoms with E-state index in [0.29, 0.717) is 22.8 Å². The molecule has 20 heavy (non-hydrogen) atoms. The molecule has 1 heterocycles. The number of aromatic nitrogens is 2. The number of hydrogen-bond donors (Lipinski definition) is 2. The highest BCUT2D eigenvalue weighted by molar-refractivity contribution is 6.04. The van der Waals surface area contributed by atoms with Crippen molar-refractivity contribution in [2.75, 3.05) is 18.2 Å². The van der Waals surface area contributed by atoms with Gasteiger partial charge in [0.25, 0.3) is 5.91 Å². The summed E-state index contributed by atoms with van der Waals surface area (Å²) in [6.45, 7) is 1.99. The summed E-state index contributed by atoms with van der Waals surface area (Å²) in [6, 6.07) is 6.88. The zero-order valence-electron chi connectivity index (χ0n) is 11.8. The number of carbonyl (C=O) groups excluding carboxylic acids is 1. The average Bonchev–Trinajstić information content (AvgIpc) is 2.82. The first-order chi connectivity index (χ1) is 9.55. The number of methoxy groups -OCH3 is 1. The molecule has 6 heteroatoms. The van der Waals surface area contributed by atoms with Crippen LogP contribution in [0.4, 0.5) is 11.4 Å². The number of anilines is 2. The van der Waals surface area contributed by atoms with E-state index in [0.717, 1.165) is 12.1 Å². The second-order valence-electron chi connectivity index (χ2n) is 4.41. The maximum absolute atomic E-state index is 12.2. The average molecular weight is 274 g/mol. The summed E-state index contributed by atoms with van der Waals surface area (Å²) in [4.78, 5) is 12.2. The number of hydrogen-bond acceptors (Lipinski definition) is 4. The molecule has 0 fully saturated rings. The number of amides is 1. The number of nitrogens with two attached hydrogens (primary N) is 1. The van der Waals surface area contributed by atoms with Gasteiger partial charge in [0.15, 0.2) is 0 Å². The van der Waals surface area contributed by atoms with Gasteiger partial charge in [0.05, 0.1) is 24.2 Å². The first-order valence-corrected chi connectivity index (χ1v) is 6.33. The van der Waals surface area contributed by atoms with Gasteiger partial charge in [-0.1, -0.05) is 6.92 Å². The van der Waals surface area contributed by atoms with Gasteiger partial charge in [-0.2, -0.15) is 5.10 Å². The smallest absolute Gasteiger partial charge is 0.273 e. The van der Waals surface area contributed by atoms with Crippen LogP contribution in [0.2, 0.25) is 0 Å². The number of rotatable bonds is 4. The van der Waals surface area contributed by atoms with Crippen LogP contribution < -0.4 is 15.8 Å². The van der Waals surface area contributed by atoms with Crippen molar-refractivity contribution in [2.24, 2.45) is 7.05 Å². The van der Waals surface area contributed by atoms with Crippen LogP contribution in [-0.2, 0) is 13.5 Å². The molecule has 1 aromatic carbocycles. The van der Waals surface area contributed by atoms with Crippen molar-refractivity contribution in [3.63, 3.8) is 0 Å². The van der Waals surface area contributed by atoms with Gasteiger partial charge in [-0.15, -0.1) is 0 Å². The Morgan fingerprint density at radius 2 is 2.20 bits per heavy atom. The summed E-state index contributed by atoms with van der Waals surface area (Å²) < 4.78 is 6.68. The van der Waals surface area contributed by atoms with Gasteiger partial charge in [-0.25, -0.2) is 0 Å². The number of ether oxygens (including phenoxy) is 1. The second-order valence-corrected chi connectivity index (χ2v) is 4.41. The third-order valence-corrected chi connectivity index (χ3v) is 3.03. The number of nitrogens with one attached hydrogen (secondary N) is 1.